The smallest absolute Gasteiger partial charge is 0.748 e. The van der Waals surface area contributed by atoms with Crippen LogP contribution in [-0.2, 0) is 10.1 Å². The van der Waals surface area contributed by atoms with Crippen LogP contribution in [0.2, 0.25) is 0 Å². The van der Waals surface area contributed by atoms with Crippen molar-refractivity contribution in [2.24, 2.45) is 0 Å². The minimum Gasteiger partial charge on any atom is -0.748 e. The van der Waals surface area contributed by atoms with Gasteiger partial charge in [-0.25, -0.2) is 8.42 Å². The van der Waals surface area contributed by atoms with Crippen molar-refractivity contribution in [1.82, 2.24) is 0 Å². The predicted octanol–water partition coefficient (Wildman–Crippen LogP) is -0.183. The van der Waals surface area contributed by atoms with E-state index >= 15 is 0 Å². The first-order chi connectivity index (χ1) is 8.52. The topological polar surface area (TPSA) is 77.4 Å². The number of aliphatic hydroxyl groups excluding tert-OH is 1. The summed E-state index contributed by atoms with van der Waals surface area (Å²) in [5.41, 5.74) is 0. The summed E-state index contributed by atoms with van der Waals surface area (Å²) in [5.74, 6) is 0. The third-order valence-corrected chi connectivity index (χ3v) is 4.51. The van der Waals surface area contributed by atoms with Gasteiger partial charge in [-0.1, -0.05) is 51.9 Å². The van der Waals surface area contributed by atoms with Crippen LogP contribution in [0.1, 0.15) is 71.1 Å². The molecule has 0 aliphatic rings. The van der Waals surface area contributed by atoms with Crippen molar-refractivity contribution in [2.75, 3.05) is 6.61 Å². The number of hydrogen-bond acceptors (Lipinski definition) is 4. The van der Waals surface area contributed by atoms with Gasteiger partial charge in [0.15, 0.2) is 0 Å². The van der Waals surface area contributed by atoms with Crippen molar-refractivity contribution < 1.29 is 47.6 Å². The van der Waals surface area contributed by atoms with Gasteiger partial charge in [-0.3, -0.25) is 0 Å². The quantitative estimate of drug-likeness (QED) is 0.308. The average Bonchev–Trinajstić information content (AvgIpc) is 2.30. The van der Waals surface area contributed by atoms with Gasteiger partial charge in [0.1, 0.15) is 0 Å². The van der Waals surface area contributed by atoms with Crippen molar-refractivity contribution in [3.63, 3.8) is 0 Å². The standard InChI is InChI=1S/C13H28O4S.Na/c1-2-3-4-7-10-13(18(15,16)17)11-8-5-6-9-12-14;/h13-14H,2-12H2,1H3,(H,15,16,17);/q;+1/p-1. The van der Waals surface area contributed by atoms with Gasteiger partial charge in [0, 0.05) is 11.9 Å². The molecule has 0 heterocycles. The van der Waals surface area contributed by atoms with Crippen LogP contribution in [0.15, 0.2) is 0 Å². The van der Waals surface area contributed by atoms with Crippen molar-refractivity contribution in [2.45, 2.75) is 76.4 Å². The maximum absolute atomic E-state index is 11.1. The first-order valence-electron chi connectivity index (χ1n) is 7.08. The maximum Gasteiger partial charge on any atom is 1.00 e. The molecule has 110 valence electrons. The van der Waals surface area contributed by atoms with Gasteiger partial charge in [-0.15, -0.1) is 0 Å². The molecule has 0 saturated heterocycles. The predicted molar refractivity (Wildman–Crippen MR) is 72.4 cm³/mol. The summed E-state index contributed by atoms with van der Waals surface area (Å²) in [6, 6.07) is 0. The fourth-order valence-electron chi connectivity index (χ4n) is 2.07. The van der Waals surface area contributed by atoms with E-state index in [1.165, 1.54) is 0 Å². The first kappa shape index (κ1) is 22.2. The Balaban J connectivity index is 0. The largest absolute Gasteiger partial charge is 1.00 e. The number of aliphatic hydroxyl groups is 1. The van der Waals surface area contributed by atoms with Crippen molar-refractivity contribution in [3.8, 4) is 0 Å². The Bertz CT molecular complexity index is 280. The van der Waals surface area contributed by atoms with E-state index in [0.717, 1.165) is 51.4 Å². The molecule has 1 unspecified atom stereocenters. The average molecular weight is 302 g/mol. The van der Waals surface area contributed by atoms with Gasteiger partial charge in [0.25, 0.3) is 0 Å². The molecular weight excluding hydrogens is 275 g/mol. The van der Waals surface area contributed by atoms with Gasteiger partial charge in [-0.05, 0) is 19.3 Å². The Kier molecular flexibility index (Phi) is 16.1. The third kappa shape index (κ3) is 13.6. The Morgan fingerprint density at radius 2 is 1.42 bits per heavy atom. The zero-order valence-corrected chi connectivity index (χ0v) is 15.3. The molecular formula is C13H27NaO4S. The van der Waals surface area contributed by atoms with E-state index in [1.807, 2.05) is 0 Å². The zero-order valence-electron chi connectivity index (χ0n) is 12.4. The minimum atomic E-state index is -4.14. The molecule has 1 atom stereocenters. The molecule has 0 spiro atoms. The van der Waals surface area contributed by atoms with Crippen LogP contribution in [0.5, 0.6) is 0 Å². The monoisotopic (exact) mass is 302 g/mol. The summed E-state index contributed by atoms with van der Waals surface area (Å²) < 4.78 is 33.4. The van der Waals surface area contributed by atoms with Gasteiger partial charge >= 0.3 is 29.6 Å². The molecule has 0 aliphatic carbocycles. The van der Waals surface area contributed by atoms with Crippen molar-refractivity contribution in [3.05, 3.63) is 0 Å². The van der Waals surface area contributed by atoms with Crippen LogP contribution in [0.25, 0.3) is 0 Å². The van der Waals surface area contributed by atoms with Gasteiger partial charge in [0.2, 0.25) is 0 Å². The molecule has 0 aliphatic heterocycles. The molecule has 0 amide bonds. The van der Waals surface area contributed by atoms with Crippen LogP contribution in [-0.4, -0.2) is 29.9 Å². The second-order valence-electron chi connectivity index (χ2n) is 4.89. The van der Waals surface area contributed by atoms with Crippen LogP contribution >= 0.6 is 0 Å². The van der Waals surface area contributed by atoms with Gasteiger partial charge < -0.3 is 9.66 Å². The summed E-state index contributed by atoms with van der Waals surface area (Å²) in [6.45, 7) is 2.28. The molecule has 0 bridgehead atoms. The second-order valence-corrected chi connectivity index (χ2v) is 6.54. The summed E-state index contributed by atoms with van der Waals surface area (Å²) in [5, 5.41) is 7.92. The van der Waals surface area contributed by atoms with E-state index < -0.39 is 15.4 Å². The molecule has 6 heteroatoms. The molecule has 0 aromatic heterocycles. The SMILES string of the molecule is CCCCCCC(CCCCCCO)S(=O)(=O)[O-].[Na+]. The molecule has 0 rings (SSSR count). The first-order valence-corrected chi connectivity index (χ1v) is 8.55. The molecule has 4 nitrogen and oxygen atoms in total. The van der Waals surface area contributed by atoms with E-state index in [-0.39, 0.29) is 36.2 Å². The van der Waals surface area contributed by atoms with Crippen molar-refractivity contribution in [1.29, 1.82) is 0 Å². The minimum absolute atomic E-state index is 0. The molecule has 1 N–H and O–H groups in total. The molecule has 0 aromatic rings. The number of rotatable bonds is 12. The Morgan fingerprint density at radius 3 is 1.84 bits per heavy atom. The third-order valence-electron chi connectivity index (χ3n) is 3.22. The summed E-state index contributed by atoms with van der Waals surface area (Å²) in [6.07, 6.45) is 8.33. The zero-order chi connectivity index (χ0) is 13.9. The van der Waals surface area contributed by atoms with Crippen LogP contribution < -0.4 is 29.6 Å². The fraction of sp³-hybridized carbons (Fsp3) is 1.00. The summed E-state index contributed by atoms with van der Waals surface area (Å²) >= 11 is 0. The molecule has 0 fully saturated rings. The van der Waals surface area contributed by atoms with E-state index in [2.05, 4.69) is 6.92 Å². The molecule has 0 saturated carbocycles. The normalized spacial score (nSPS) is 13.0. The van der Waals surface area contributed by atoms with Crippen LogP contribution in [0.3, 0.4) is 0 Å². The number of hydrogen-bond donors (Lipinski definition) is 1. The second kappa shape index (κ2) is 13.8. The van der Waals surface area contributed by atoms with Gasteiger partial charge in [-0.2, -0.15) is 0 Å². The summed E-state index contributed by atoms with van der Waals surface area (Å²) in [7, 11) is -4.14. The molecule has 0 radical (unpaired) electrons. The Morgan fingerprint density at radius 1 is 0.947 bits per heavy atom. The Labute approximate surface area is 140 Å². The molecule has 0 aromatic carbocycles. The van der Waals surface area contributed by atoms with E-state index in [9.17, 15) is 13.0 Å². The van der Waals surface area contributed by atoms with Crippen LogP contribution in [0, 0.1) is 0 Å². The maximum atomic E-state index is 11.1. The van der Waals surface area contributed by atoms with E-state index in [1.54, 1.807) is 0 Å². The fourth-order valence-corrected chi connectivity index (χ4v) is 2.98. The van der Waals surface area contributed by atoms with E-state index in [0.29, 0.717) is 12.8 Å². The Hall–Kier alpha value is 0.870. The molecule has 19 heavy (non-hydrogen) atoms. The van der Waals surface area contributed by atoms with Gasteiger partial charge in [0.05, 0.1) is 10.1 Å². The number of unbranched alkanes of at least 4 members (excludes halogenated alkanes) is 6. The van der Waals surface area contributed by atoms with E-state index in [4.69, 9.17) is 5.11 Å². The van der Waals surface area contributed by atoms with Crippen LogP contribution in [0.4, 0.5) is 0 Å². The summed E-state index contributed by atoms with van der Waals surface area (Å²) in [4.78, 5) is 0. The van der Waals surface area contributed by atoms with Crippen molar-refractivity contribution >= 4 is 10.1 Å².